The summed E-state index contributed by atoms with van der Waals surface area (Å²) in [4.78, 5) is 4.49. The normalized spacial score (nSPS) is 10.5. The molecule has 0 aliphatic carbocycles. The highest BCUT2D eigenvalue weighted by Crippen LogP contribution is 2.26. The Hall–Kier alpha value is -2.47. The number of nitrogens with one attached hydrogen (secondary N) is 2. The van der Waals surface area contributed by atoms with E-state index < -0.39 is 0 Å². The van der Waals surface area contributed by atoms with Gasteiger partial charge in [-0.1, -0.05) is 29.8 Å². The molecule has 122 valence electrons. The number of halogens is 1. The van der Waals surface area contributed by atoms with Crippen LogP contribution in [0.25, 0.3) is 0 Å². The van der Waals surface area contributed by atoms with Crippen LogP contribution in [0.1, 0.15) is 16.7 Å². The minimum absolute atomic E-state index is 0.460. The molecule has 0 saturated heterocycles. The molecule has 2 aromatic carbocycles. The molecule has 0 aliphatic rings. The van der Waals surface area contributed by atoms with Crippen LogP contribution in [0.3, 0.4) is 0 Å². The zero-order valence-corrected chi connectivity index (χ0v) is 15.3. The maximum atomic E-state index is 4.49. The number of aromatic nitrogens is 3. The summed E-state index contributed by atoms with van der Waals surface area (Å²) in [5.41, 5.74) is 5.48. The van der Waals surface area contributed by atoms with Gasteiger partial charge in [-0.3, -0.25) is 0 Å². The molecule has 24 heavy (non-hydrogen) atoms. The maximum Gasteiger partial charge on any atom is 0.249 e. The summed E-state index contributed by atoms with van der Waals surface area (Å²) in [5.74, 6) is 1.09. The lowest BCUT2D eigenvalue weighted by Crippen LogP contribution is -2.04. The quantitative estimate of drug-likeness (QED) is 0.659. The average Bonchev–Trinajstić information content (AvgIpc) is 2.53. The highest BCUT2D eigenvalue weighted by atomic mass is 79.9. The van der Waals surface area contributed by atoms with Crippen molar-refractivity contribution in [2.75, 3.05) is 10.6 Å². The van der Waals surface area contributed by atoms with Crippen LogP contribution >= 0.6 is 15.9 Å². The van der Waals surface area contributed by atoms with Gasteiger partial charge in [0.1, 0.15) is 0 Å². The molecule has 0 saturated carbocycles. The van der Waals surface area contributed by atoms with Crippen molar-refractivity contribution in [3.05, 3.63) is 63.8 Å². The summed E-state index contributed by atoms with van der Waals surface area (Å²) in [7, 11) is 0. The molecule has 0 aliphatic heterocycles. The topological polar surface area (TPSA) is 62.7 Å². The smallest absolute Gasteiger partial charge is 0.249 e. The first-order valence-electron chi connectivity index (χ1n) is 7.59. The van der Waals surface area contributed by atoms with Gasteiger partial charge < -0.3 is 10.6 Å². The second-order valence-electron chi connectivity index (χ2n) is 5.67. The third-order valence-corrected chi connectivity index (χ3v) is 4.30. The second kappa shape index (κ2) is 6.97. The van der Waals surface area contributed by atoms with Gasteiger partial charge in [-0.15, -0.1) is 5.10 Å². The summed E-state index contributed by atoms with van der Waals surface area (Å²) < 4.78 is 0.961. The maximum absolute atomic E-state index is 4.49. The number of rotatable bonds is 4. The second-order valence-corrected chi connectivity index (χ2v) is 6.52. The fourth-order valence-corrected chi connectivity index (χ4v) is 2.99. The summed E-state index contributed by atoms with van der Waals surface area (Å²) in [6, 6.07) is 12.1. The highest BCUT2D eigenvalue weighted by molar-refractivity contribution is 9.10. The van der Waals surface area contributed by atoms with Crippen molar-refractivity contribution < 1.29 is 0 Å². The molecule has 0 amide bonds. The Morgan fingerprint density at radius 1 is 0.958 bits per heavy atom. The predicted molar refractivity (Wildman–Crippen MR) is 101 cm³/mol. The number of benzene rings is 2. The summed E-state index contributed by atoms with van der Waals surface area (Å²) in [6.45, 7) is 6.22. The minimum atomic E-state index is 0.460. The molecule has 0 unspecified atom stereocenters. The van der Waals surface area contributed by atoms with E-state index in [1.807, 2.05) is 24.3 Å². The number of aryl methyl sites for hydroxylation is 3. The molecule has 5 nitrogen and oxygen atoms in total. The molecule has 3 rings (SSSR count). The van der Waals surface area contributed by atoms with Gasteiger partial charge in [0, 0.05) is 10.2 Å². The zero-order chi connectivity index (χ0) is 17.1. The molecular formula is C18H18BrN5. The largest absolute Gasteiger partial charge is 0.338 e. The number of anilines is 4. The number of hydrogen-bond acceptors (Lipinski definition) is 5. The van der Waals surface area contributed by atoms with Gasteiger partial charge in [0.05, 0.1) is 11.9 Å². The number of hydrogen-bond donors (Lipinski definition) is 2. The van der Waals surface area contributed by atoms with E-state index in [2.05, 4.69) is 74.6 Å². The van der Waals surface area contributed by atoms with E-state index in [1.54, 1.807) is 6.20 Å². The van der Waals surface area contributed by atoms with Gasteiger partial charge in [-0.05, 0) is 60.0 Å². The Kier molecular flexibility index (Phi) is 4.76. The van der Waals surface area contributed by atoms with Crippen molar-refractivity contribution in [3.8, 4) is 0 Å². The Bertz CT molecular complexity index is 856. The molecule has 0 spiro atoms. The van der Waals surface area contributed by atoms with Crippen molar-refractivity contribution in [2.24, 2.45) is 0 Å². The van der Waals surface area contributed by atoms with Gasteiger partial charge in [0.2, 0.25) is 5.95 Å². The Morgan fingerprint density at radius 2 is 1.67 bits per heavy atom. The first-order valence-corrected chi connectivity index (χ1v) is 8.38. The fourth-order valence-electron chi connectivity index (χ4n) is 2.61. The van der Waals surface area contributed by atoms with Crippen molar-refractivity contribution >= 4 is 39.1 Å². The summed E-state index contributed by atoms with van der Waals surface area (Å²) in [6.07, 6.45) is 1.60. The van der Waals surface area contributed by atoms with Crippen molar-refractivity contribution in [1.82, 2.24) is 15.2 Å². The molecule has 0 bridgehead atoms. The van der Waals surface area contributed by atoms with Gasteiger partial charge in [-0.25, -0.2) is 0 Å². The number of para-hydroxylation sites is 1. The predicted octanol–water partition coefficient (Wildman–Crippen LogP) is 5.05. The van der Waals surface area contributed by atoms with Crippen molar-refractivity contribution in [2.45, 2.75) is 20.8 Å². The van der Waals surface area contributed by atoms with Gasteiger partial charge in [0.15, 0.2) is 5.82 Å². The van der Waals surface area contributed by atoms with Crippen LogP contribution in [0.4, 0.5) is 23.1 Å². The molecule has 0 atom stereocenters. The Labute approximate surface area is 149 Å². The third kappa shape index (κ3) is 3.71. The molecule has 0 radical (unpaired) electrons. The lowest BCUT2D eigenvalue weighted by atomic mass is 10.1. The average molecular weight is 384 g/mol. The molecule has 3 aromatic rings. The monoisotopic (exact) mass is 383 g/mol. The number of nitrogens with zero attached hydrogens (tertiary/aromatic N) is 3. The van der Waals surface area contributed by atoms with E-state index in [0.717, 1.165) is 27.0 Å². The van der Waals surface area contributed by atoms with Crippen LogP contribution < -0.4 is 10.6 Å². The molecule has 1 heterocycles. The van der Waals surface area contributed by atoms with E-state index in [-0.39, 0.29) is 0 Å². The molecule has 6 heteroatoms. The highest BCUT2D eigenvalue weighted by Gasteiger charge is 2.08. The van der Waals surface area contributed by atoms with Crippen LogP contribution in [0.15, 0.2) is 47.1 Å². The Balaban J connectivity index is 1.85. The summed E-state index contributed by atoms with van der Waals surface area (Å²) >= 11 is 3.51. The van der Waals surface area contributed by atoms with Crippen LogP contribution in [0, 0.1) is 20.8 Å². The van der Waals surface area contributed by atoms with Crippen LogP contribution in [0.2, 0.25) is 0 Å². The first-order chi connectivity index (χ1) is 11.5. The van der Waals surface area contributed by atoms with Crippen LogP contribution in [0.5, 0.6) is 0 Å². The summed E-state index contributed by atoms with van der Waals surface area (Å²) in [5, 5.41) is 14.6. The van der Waals surface area contributed by atoms with E-state index in [9.17, 15) is 0 Å². The third-order valence-electron chi connectivity index (χ3n) is 3.61. The lowest BCUT2D eigenvalue weighted by Gasteiger charge is -2.13. The fraction of sp³-hybridized carbons (Fsp3) is 0.167. The molecule has 1 aromatic heterocycles. The van der Waals surface area contributed by atoms with Gasteiger partial charge >= 0.3 is 0 Å². The lowest BCUT2D eigenvalue weighted by molar-refractivity contribution is 0.980. The SMILES string of the molecule is Cc1cc(C)c(Nc2nncc(Nc3ccccc3Br)n2)c(C)c1. The standard InChI is InChI=1S/C18H18BrN5/c1-11-8-12(2)17(13(3)9-11)23-18-22-16(10-20-24-18)21-15-7-5-4-6-14(15)19/h4-10H,1-3H3,(H2,21,22,23,24). The van der Waals surface area contributed by atoms with E-state index in [1.165, 1.54) is 5.56 Å². The molecule has 0 fully saturated rings. The van der Waals surface area contributed by atoms with Crippen molar-refractivity contribution in [3.63, 3.8) is 0 Å². The first kappa shape index (κ1) is 16.4. The molecule has 2 N–H and O–H groups in total. The van der Waals surface area contributed by atoms with E-state index >= 15 is 0 Å². The van der Waals surface area contributed by atoms with Gasteiger partial charge in [-0.2, -0.15) is 10.1 Å². The molecular weight excluding hydrogens is 366 g/mol. The van der Waals surface area contributed by atoms with Crippen molar-refractivity contribution in [1.29, 1.82) is 0 Å². The van der Waals surface area contributed by atoms with Crippen LogP contribution in [-0.4, -0.2) is 15.2 Å². The Morgan fingerprint density at radius 3 is 2.38 bits per heavy atom. The van der Waals surface area contributed by atoms with E-state index in [4.69, 9.17) is 0 Å². The van der Waals surface area contributed by atoms with Gasteiger partial charge in [0.25, 0.3) is 0 Å². The zero-order valence-electron chi connectivity index (χ0n) is 13.8. The van der Waals surface area contributed by atoms with Crippen LogP contribution in [-0.2, 0) is 0 Å². The van der Waals surface area contributed by atoms with E-state index in [0.29, 0.717) is 11.8 Å². The minimum Gasteiger partial charge on any atom is -0.338 e.